The zero-order chi connectivity index (χ0) is 17.3. The number of amides is 2. The number of hydrogen-bond acceptors (Lipinski definition) is 4. The molecule has 0 bridgehead atoms. The molecule has 3 heterocycles. The van der Waals surface area contributed by atoms with Gasteiger partial charge in [0.05, 0.1) is 28.0 Å². The van der Waals surface area contributed by atoms with Crippen LogP contribution in [0.4, 0.5) is 9.80 Å². The molecule has 1 saturated heterocycles. The maximum atomic E-state index is 12.6. The Labute approximate surface area is 150 Å². The standard InChI is InChI=1S/C16H22ClN5OS/c1-10(2)6-14-15(24-11(3)19-14)20-16(23)21-5-4-13(9-21)22-8-12(17)7-18-22/h7-8,10,13H,4-6,9H2,1-3H3,(H,20,23). The summed E-state index contributed by atoms with van der Waals surface area (Å²) in [6, 6.07) is 0.117. The number of aromatic nitrogens is 3. The number of carbonyl (C=O) groups excluding carboxylic acids is 1. The molecule has 1 N–H and O–H groups in total. The Morgan fingerprint density at radius 2 is 2.33 bits per heavy atom. The van der Waals surface area contributed by atoms with Crippen molar-refractivity contribution < 1.29 is 4.79 Å². The maximum Gasteiger partial charge on any atom is 0.322 e. The largest absolute Gasteiger partial charge is 0.322 e. The van der Waals surface area contributed by atoms with Gasteiger partial charge in [0.1, 0.15) is 5.00 Å². The molecule has 3 rings (SSSR count). The van der Waals surface area contributed by atoms with E-state index in [-0.39, 0.29) is 12.1 Å². The first kappa shape index (κ1) is 17.2. The van der Waals surface area contributed by atoms with Gasteiger partial charge in [0, 0.05) is 19.3 Å². The van der Waals surface area contributed by atoms with Crippen LogP contribution >= 0.6 is 22.9 Å². The smallest absolute Gasteiger partial charge is 0.322 e. The molecule has 24 heavy (non-hydrogen) atoms. The van der Waals surface area contributed by atoms with E-state index in [1.807, 2.05) is 16.5 Å². The highest BCUT2D eigenvalue weighted by Crippen LogP contribution is 2.28. The van der Waals surface area contributed by atoms with E-state index in [2.05, 4.69) is 29.2 Å². The fraction of sp³-hybridized carbons (Fsp3) is 0.562. The van der Waals surface area contributed by atoms with E-state index in [0.717, 1.165) is 28.5 Å². The first-order chi connectivity index (χ1) is 11.4. The van der Waals surface area contributed by atoms with E-state index in [0.29, 0.717) is 24.0 Å². The van der Waals surface area contributed by atoms with Gasteiger partial charge in [0.25, 0.3) is 0 Å². The summed E-state index contributed by atoms with van der Waals surface area (Å²) in [6.45, 7) is 7.63. The van der Waals surface area contributed by atoms with Crippen molar-refractivity contribution in [3.05, 3.63) is 28.1 Å². The second kappa shape index (κ2) is 7.11. The third kappa shape index (κ3) is 3.89. The highest BCUT2D eigenvalue weighted by atomic mass is 35.5. The number of urea groups is 1. The molecule has 2 aromatic heterocycles. The highest BCUT2D eigenvalue weighted by Gasteiger charge is 2.28. The first-order valence-electron chi connectivity index (χ1n) is 8.14. The van der Waals surface area contributed by atoms with Crippen LogP contribution < -0.4 is 5.32 Å². The number of nitrogens with zero attached hydrogens (tertiary/aromatic N) is 4. The maximum absolute atomic E-state index is 12.6. The number of carbonyl (C=O) groups is 1. The number of rotatable bonds is 4. The third-order valence-electron chi connectivity index (χ3n) is 4.02. The summed E-state index contributed by atoms with van der Waals surface area (Å²) in [5.74, 6) is 0.503. The molecular formula is C16H22ClN5OS. The lowest BCUT2D eigenvalue weighted by molar-refractivity contribution is 0.220. The van der Waals surface area contributed by atoms with Gasteiger partial charge in [-0.25, -0.2) is 9.78 Å². The lowest BCUT2D eigenvalue weighted by Gasteiger charge is -2.17. The summed E-state index contributed by atoms with van der Waals surface area (Å²) in [5, 5.41) is 9.76. The molecule has 2 aromatic rings. The Morgan fingerprint density at radius 1 is 1.54 bits per heavy atom. The van der Waals surface area contributed by atoms with Gasteiger partial charge < -0.3 is 4.90 Å². The number of hydrogen-bond donors (Lipinski definition) is 1. The topological polar surface area (TPSA) is 63.1 Å². The average Bonchev–Trinajstić information content (AvgIpc) is 3.19. The van der Waals surface area contributed by atoms with Crippen LogP contribution in [-0.4, -0.2) is 38.8 Å². The molecule has 1 fully saturated rings. The van der Waals surface area contributed by atoms with Gasteiger partial charge in [0.2, 0.25) is 0 Å². The molecule has 0 saturated carbocycles. The van der Waals surface area contributed by atoms with Gasteiger partial charge >= 0.3 is 6.03 Å². The summed E-state index contributed by atoms with van der Waals surface area (Å²) in [5.41, 5.74) is 0.982. The number of halogens is 1. The van der Waals surface area contributed by atoms with E-state index in [4.69, 9.17) is 11.6 Å². The van der Waals surface area contributed by atoms with Crippen molar-refractivity contribution in [2.45, 2.75) is 39.7 Å². The fourth-order valence-corrected chi connectivity index (χ4v) is 3.91. The summed E-state index contributed by atoms with van der Waals surface area (Å²) >= 11 is 7.46. The number of anilines is 1. The van der Waals surface area contributed by atoms with Crippen molar-refractivity contribution in [3.63, 3.8) is 0 Å². The molecule has 0 radical (unpaired) electrons. The fourth-order valence-electron chi connectivity index (χ4n) is 2.93. The van der Waals surface area contributed by atoms with Crippen LogP contribution in [-0.2, 0) is 6.42 Å². The lowest BCUT2D eigenvalue weighted by atomic mass is 10.1. The van der Waals surface area contributed by atoms with Crippen LogP contribution in [0.3, 0.4) is 0 Å². The molecule has 2 amide bonds. The van der Waals surface area contributed by atoms with E-state index in [1.165, 1.54) is 11.3 Å². The van der Waals surface area contributed by atoms with E-state index in [9.17, 15) is 4.79 Å². The Kier molecular flexibility index (Phi) is 5.10. The van der Waals surface area contributed by atoms with Crippen molar-refractivity contribution in [2.24, 2.45) is 5.92 Å². The zero-order valence-corrected chi connectivity index (χ0v) is 15.7. The molecule has 6 nitrogen and oxygen atoms in total. The van der Waals surface area contributed by atoms with Crippen LogP contribution in [0.1, 0.15) is 37.0 Å². The predicted octanol–water partition coefficient (Wildman–Crippen LogP) is 3.98. The second-order valence-corrected chi connectivity index (χ2v) is 8.20. The van der Waals surface area contributed by atoms with Gasteiger partial charge in [-0.1, -0.05) is 25.4 Å². The lowest BCUT2D eigenvalue weighted by Crippen LogP contribution is -2.33. The van der Waals surface area contributed by atoms with Crippen LogP contribution in [0.15, 0.2) is 12.4 Å². The number of likely N-dealkylation sites (tertiary alicyclic amines) is 1. The normalized spacial score (nSPS) is 17.7. The van der Waals surface area contributed by atoms with Crippen molar-refractivity contribution >= 4 is 34.0 Å². The number of aryl methyl sites for hydroxylation is 1. The second-order valence-electron chi connectivity index (χ2n) is 6.56. The van der Waals surface area contributed by atoms with E-state index < -0.39 is 0 Å². The molecule has 130 valence electrons. The van der Waals surface area contributed by atoms with Gasteiger partial charge in [0.15, 0.2) is 0 Å². The Bertz CT molecular complexity index is 726. The molecular weight excluding hydrogens is 346 g/mol. The number of thiazole rings is 1. The van der Waals surface area contributed by atoms with E-state index >= 15 is 0 Å². The summed E-state index contributed by atoms with van der Waals surface area (Å²) in [7, 11) is 0. The minimum absolute atomic E-state index is 0.0654. The molecule has 0 spiro atoms. The quantitative estimate of drug-likeness (QED) is 0.888. The molecule has 1 atom stereocenters. The van der Waals surface area contributed by atoms with Gasteiger partial charge in [-0.3, -0.25) is 10.00 Å². The Hall–Kier alpha value is -1.60. The van der Waals surface area contributed by atoms with Crippen molar-refractivity contribution in [3.8, 4) is 0 Å². The summed E-state index contributed by atoms with van der Waals surface area (Å²) < 4.78 is 1.84. The Balaban J connectivity index is 1.64. The number of nitrogens with one attached hydrogen (secondary N) is 1. The first-order valence-corrected chi connectivity index (χ1v) is 9.33. The molecule has 0 aromatic carbocycles. The van der Waals surface area contributed by atoms with E-state index in [1.54, 1.807) is 12.4 Å². The molecule has 1 aliphatic rings. The van der Waals surface area contributed by atoms with Gasteiger partial charge in [-0.05, 0) is 25.7 Å². The Morgan fingerprint density at radius 3 is 3.00 bits per heavy atom. The van der Waals surface area contributed by atoms with Crippen LogP contribution in [0.5, 0.6) is 0 Å². The monoisotopic (exact) mass is 367 g/mol. The minimum atomic E-state index is -0.0654. The van der Waals surface area contributed by atoms with Crippen LogP contribution in [0, 0.1) is 12.8 Å². The molecule has 1 unspecified atom stereocenters. The third-order valence-corrected chi connectivity index (χ3v) is 5.14. The van der Waals surface area contributed by atoms with Gasteiger partial charge in [-0.2, -0.15) is 5.10 Å². The van der Waals surface area contributed by atoms with Crippen molar-refractivity contribution in [1.82, 2.24) is 19.7 Å². The van der Waals surface area contributed by atoms with Crippen LogP contribution in [0.2, 0.25) is 5.02 Å². The average molecular weight is 368 g/mol. The SMILES string of the molecule is Cc1nc(CC(C)C)c(NC(=O)N2CCC(n3cc(Cl)cn3)C2)s1. The molecule has 1 aliphatic heterocycles. The summed E-state index contributed by atoms with van der Waals surface area (Å²) in [4.78, 5) is 19.0. The van der Waals surface area contributed by atoms with Gasteiger partial charge in [-0.15, -0.1) is 11.3 Å². The van der Waals surface area contributed by atoms with Crippen LogP contribution in [0.25, 0.3) is 0 Å². The minimum Gasteiger partial charge on any atom is -0.322 e. The summed E-state index contributed by atoms with van der Waals surface area (Å²) in [6.07, 6.45) is 5.18. The van der Waals surface area contributed by atoms with Crippen molar-refractivity contribution in [2.75, 3.05) is 18.4 Å². The molecule has 0 aliphatic carbocycles. The highest BCUT2D eigenvalue weighted by molar-refractivity contribution is 7.16. The van der Waals surface area contributed by atoms with Crippen molar-refractivity contribution in [1.29, 1.82) is 0 Å². The molecule has 8 heteroatoms. The predicted molar refractivity (Wildman–Crippen MR) is 96.9 cm³/mol. The zero-order valence-electron chi connectivity index (χ0n) is 14.1.